The average molecular weight is 350 g/mol. The van der Waals surface area contributed by atoms with E-state index in [1.807, 2.05) is 6.07 Å². The van der Waals surface area contributed by atoms with E-state index in [2.05, 4.69) is 5.32 Å². The fourth-order valence-electron chi connectivity index (χ4n) is 3.19. The zero-order valence-corrected chi connectivity index (χ0v) is 14.4. The van der Waals surface area contributed by atoms with Crippen molar-refractivity contribution in [2.75, 3.05) is 20.1 Å². The number of carbonyl (C=O) groups excluding carboxylic acids is 4. The van der Waals surface area contributed by atoms with E-state index in [4.69, 9.17) is 10.00 Å². The highest BCUT2D eigenvalue weighted by atomic mass is 16.5. The topological polar surface area (TPSA) is 120 Å². The van der Waals surface area contributed by atoms with Gasteiger partial charge in [-0.05, 0) is 19.8 Å². The summed E-state index contributed by atoms with van der Waals surface area (Å²) >= 11 is 0. The number of nitriles is 1. The van der Waals surface area contributed by atoms with Crippen molar-refractivity contribution >= 4 is 23.8 Å². The Labute approximate surface area is 145 Å². The summed E-state index contributed by atoms with van der Waals surface area (Å²) in [5, 5.41) is 11.2. The lowest BCUT2D eigenvalue weighted by molar-refractivity contribution is -0.159. The fourth-order valence-corrected chi connectivity index (χ4v) is 3.19. The minimum Gasteiger partial charge on any atom is -0.451 e. The number of likely N-dealkylation sites (N-methyl/N-ethyl adjacent to an activating group) is 1. The monoisotopic (exact) mass is 350 g/mol. The van der Waals surface area contributed by atoms with Crippen LogP contribution in [0.2, 0.25) is 0 Å². The number of rotatable bonds is 6. The molecule has 2 aliphatic rings. The zero-order valence-electron chi connectivity index (χ0n) is 14.4. The van der Waals surface area contributed by atoms with Crippen LogP contribution in [0.4, 0.5) is 4.79 Å². The van der Waals surface area contributed by atoms with Crippen LogP contribution in [0, 0.1) is 11.3 Å². The molecule has 2 rings (SSSR count). The van der Waals surface area contributed by atoms with E-state index in [-0.39, 0.29) is 13.0 Å². The summed E-state index contributed by atoms with van der Waals surface area (Å²) in [6.45, 7) is 1.12. The number of esters is 1. The smallest absolute Gasteiger partial charge is 0.327 e. The van der Waals surface area contributed by atoms with Crippen molar-refractivity contribution in [3.05, 3.63) is 0 Å². The molecule has 1 aliphatic heterocycles. The van der Waals surface area contributed by atoms with Crippen LogP contribution in [0.5, 0.6) is 0 Å². The highest BCUT2D eigenvalue weighted by Crippen LogP contribution is 2.34. The van der Waals surface area contributed by atoms with Crippen molar-refractivity contribution in [3.8, 4) is 6.07 Å². The first-order valence-electron chi connectivity index (χ1n) is 8.26. The molecular weight excluding hydrogens is 328 g/mol. The van der Waals surface area contributed by atoms with Crippen LogP contribution in [0.15, 0.2) is 0 Å². The lowest BCUT2D eigenvalue weighted by Crippen LogP contribution is -2.45. The molecule has 0 radical (unpaired) electrons. The van der Waals surface area contributed by atoms with Crippen LogP contribution in [0.1, 0.15) is 39.0 Å². The molecular formula is C16H22N4O5. The standard InChI is InChI=1S/C16H22N4O5/c1-11(13(22)19(2)9-5-8-17)25-12(21)10-20-14(23)16(18-15(20)24)6-3-4-7-16/h11H,3-7,9-10H2,1-2H3,(H,18,24)/t11-/m0/s1. The molecule has 1 aliphatic carbocycles. The van der Waals surface area contributed by atoms with Crippen molar-refractivity contribution < 1.29 is 23.9 Å². The molecule has 0 aromatic carbocycles. The summed E-state index contributed by atoms with van der Waals surface area (Å²) in [5.74, 6) is -1.68. The summed E-state index contributed by atoms with van der Waals surface area (Å²) in [7, 11) is 1.51. The largest absolute Gasteiger partial charge is 0.451 e. The van der Waals surface area contributed by atoms with Crippen LogP contribution in [-0.2, 0) is 19.1 Å². The second-order valence-corrected chi connectivity index (χ2v) is 6.41. The van der Waals surface area contributed by atoms with Crippen LogP contribution < -0.4 is 5.32 Å². The molecule has 2 fully saturated rings. The number of urea groups is 1. The molecule has 1 saturated carbocycles. The van der Waals surface area contributed by atoms with Crippen molar-refractivity contribution in [2.45, 2.75) is 50.7 Å². The maximum absolute atomic E-state index is 12.5. The number of nitrogens with zero attached hydrogens (tertiary/aromatic N) is 3. The maximum atomic E-state index is 12.5. The Morgan fingerprint density at radius 3 is 2.64 bits per heavy atom. The Morgan fingerprint density at radius 2 is 2.04 bits per heavy atom. The van der Waals surface area contributed by atoms with Crippen LogP contribution in [-0.4, -0.2) is 65.4 Å². The molecule has 1 atom stereocenters. The molecule has 1 heterocycles. The van der Waals surface area contributed by atoms with Crippen LogP contribution >= 0.6 is 0 Å². The molecule has 136 valence electrons. The third-order valence-corrected chi connectivity index (χ3v) is 4.58. The lowest BCUT2D eigenvalue weighted by Gasteiger charge is -2.22. The minimum absolute atomic E-state index is 0.174. The van der Waals surface area contributed by atoms with E-state index >= 15 is 0 Å². The third-order valence-electron chi connectivity index (χ3n) is 4.58. The molecule has 0 bridgehead atoms. The molecule has 1 spiro atoms. The maximum Gasteiger partial charge on any atom is 0.327 e. The van der Waals surface area contributed by atoms with Gasteiger partial charge in [0.25, 0.3) is 11.8 Å². The second-order valence-electron chi connectivity index (χ2n) is 6.41. The highest BCUT2D eigenvalue weighted by molar-refractivity contribution is 6.08. The molecule has 0 aromatic heterocycles. The van der Waals surface area contributed by atoms with Gasteiger partial charge < -0.3 is 15.0 Å². The number of ether oxygens (including phenoxy) is 1. The van der Waals surface area contributed by atoms with Gasteiger partial charge in [0.1, 0.15) is 12.1 Å². The number of carbonyl (C=O) groups is 4. The predicted molar refractivity (Wildman–Crippen MR) is 84.9 cm³/mol. The number of amides is 4. The van der Waals surface area contributed by atoms with Crippen LogP contribution in [0.25, 0.3) is 0 Å². The Morgan fingerprint density at radius 1 is 1.40 bits per heavy atom. The summed E-state index contributed by atoms with van der Waals surface area (Å²) in [6.07, 6.45) is 1.96. The molecule has 0 aromatic rings. The van der Waals surface area contributed by atoms with Crippen molar-refractivity contribution in [1.29, 1.82) is 5.26 Å². The van der Waals surface area contributed by atoms with Gasteiger partial charge in [-0.15, -0.1) is 0 Å². The Bertz CT molecular complexity index is 621. The molecule has 1 saturated heterocycles. The highest BCUT2D eigenvalue weighted by Gasteiger charge is 2.52. The van der Waals surface area contributed by atoms with Gasteiger partial charge in [-0.25, -0.2) is 4.79 Å². The average Bonchev–Trinajstić information content (AvgIpc) is 3.13. The minimum atomic E-state index is -1.06. The molecule has 9 nitrogen and oxygen atoms in total. The summed E-state index contributed by atoms with van der Waals surface area (Å²) in [6, 6.07) is 1.32. The van der Waals surface area contributed by atoms with Crippen molar-refractivity contribution in [1.82, 2.24) is 15.1 Å². The van der Waals surface area contributed by atoms with Gasteiger partial charge in [0.2, 0.25) is 0 Å². The molecule has 9 heteroatoms. The number of imide groups is 1. The fraction of sp³-hybridized carbons (Fsp3) is 0.688. The first-order chi connectivity index (χ1) is 11.8. The molecule has 1 N–H and O–H groups in total. The van der Waals surface area contributed by atoms with Crippen LogP contribution in [0.3, 0.4) is 0 Å². The Kier molecular flexibility index (Phi) is 5.62. The normalized spacial score (nSPS) is 19.5. The van der Waals surface area contributed by atoms with Crippen molar-refractivity contribution in [2.24, 2.45) is 0 Å². The quantitative estimate of drug-likeness (QED) is 0.538. The summed E-state index contributed by atoms with van der Waals surface area (Å²) in [4.78, 5) is 50.7. The zero-order chi connectivity index (χ0) is 18.6. The van der Waals surface area contributed by atoms with Gasteiger partial charge in [0, 0.05) is 13.6 Å². The first-order valence-corrected chi connectivity index (χ1v) is 8.26. The number of nitrogens with one attached hydrogen (secondary N) is 1. The summed E-state index contributed by atoms with van der Waals surface area (Å²) < 4.78 is 5.04. The molecule has 4 amide bonds. The van der Waals surface area contributed by atoms with E-state index in [0.717, 1.165) is 17.7 Å². The van der Waals surface area contributed by atoms with Gasteiger partial charge >= 0.3 is 12.0 Å². The SMILES string of the molecule is C[C@H](OC(=O)CN1C(=O)NC2(CCCC2)C1=O)C(=O)N(C)CCC#N. The van der Waals surface area contributed by atoms with Gasteiger partial charge in [0.15, 0.2) is 6.10 Å². The lowest BCUT2D eigenvalue weighted by atomic mass is 9.98. The van der Waals surface area contributed by atoms with E-state index in [0.29, 0.717) is 12.8 Å². The third kappa shape index (κ3) is 3.90. The Balaban J connectivity index is 1.89. The first kappa shape index (κ1) is 18.7. The van der Waals surface area contributed by atoms with E-state index in [9.17, 15) is 19.2 Å². The van der Waals surface area contributed by atoms with E-state index in [1.165, 1.54) is 18.9 Å². The second kappa shape index (κ2) is 7.51. The van der Waals surface area contributed by atoms with E-state index in [1.54, 1.807) is 0 Å². The summed E-state index contributed by atoms with van der Waals surface area (Å²) in [5.41, 5.74) is -0.879. The number of hydrogen-bond donors (Lipinski definition) is 1. The van der Waals surface area contributed by atoms with Gasteiger partial charge in [-0.2, -0.15) is 5.26 Å². The Hall–Kier alpha value is -2.63. The van der Waals surface area contributed by atoms with Gasteiger partial charge in [-0.3, -0.25) is 19.3 Å². The number of hydrogen-bond acceptors (Lipinski definition) is 6. The molecule has 25 heavy (non-hydrogen) atoms. The molecule has 0 unspecified atom stereocenters. The van der Waals surface area contributed by atoms with Crippen molar-refractivity contribution in [3.63, 3.8) is 0 Å². The predicted octanol–water partition coefficient (Wildman–Crippen LogP) is 0.155. The van der Waals surface area contributed by atoms with Gasteiger partial charge in [-0.1, -0.05) is 12.8 Å². The van der Waals surface area contributed by atoms with E-state index < -0.39 is 42.0 Å². The van der Waals surface area contributed by atoms with Gasteiger partial charge in [0.05, 0.1) is 12.5 Å².